The minimum absolute atomic E-state index is 0.00639. The number of rotatable bonds is 2. The Morgan fingerprint density at radius 3 is 2.83 bits per heavy atom. The monoisotopic (exact) mass is 313 g/mol. The zero-order chi connectivity index (χ0) is 13.3. The Bertz CT molecular complexity index is 461. The predicted octanol–water partition coefficient (Wildman–Crippen LogP) is 3.85. The third-order valence-corrected chi connectivity index (χ3v) is 4.10. The molecule has 18 heavy (non-hydrogen) atoms. The average Bonchev–Trinajstić information content (AvgIpc) is 2.81. The lowest BCUT2D eigenvalue weighted by molar-refractivity contribution is 0.0701. The predicted molar refractivity (Wildman–Crippen MR) is 73.0 cm³/mol. The first-order valence-corrected chi connectivity index (χ1v) is 7.06. The van der Waals surface area contributed by atoms with E-state index in [0.29, 0.717) is 22.0 Å². The van der Waals surface area contributed by atoms with Gasteiger partial charge in [-0.2, -0.15) is 0 Å². The molecule has 1 aliphatic rings. The Labute approximate surface area is 115 Å². The van der Waals surface area contributed by atoms with Crippen LogP contribution in [0.5, 0.6) is 0 Å². The first-order chi connectivity index (χ1) is 8.50. The van der Waals surface area contributed by atoms with Crippen molar-refractivity contribution in [2.75, 3.05) is 6.54 Å². The minimum Gasteiger partial charge on any atom is -0.335 e. The molecule has 0 aromatic heterocycles. The molecule has 1 unspecified atom stereocenters. The number of likely N-dealkylation sites (tertiary alicyclic amines) is 1. The fraction of sp³-hybridized carbons (Fsp3) is 0.500. The van der Waals surface area contributed by atoms with Crippen molar-refractivity contribution < 1.29 is 9.18 Å². The number of carbonyl (C=O) groups excluding carboxylic acids is 1. The van der Waals surface area contributed by atoms with E-state index < -0.39 is 0 Å². The second-order valence-corrected chi connectivity index (χ2v) is 5.94. The van der Waals surface area contributed by atoms with Gasteiger partial charge in [-0.1, -0.05) is 13.8 Å². The Morgan fingerprint density at radius 1 is 1.50 bits per heavy atom. The van der Waals surface area contributed by atoms with Gasteiger partial charge in [-0.25, -0.2) is 4.39 Å². The summed E-state index contributed by atoms with van der Waals surface area (Å²) in [5.74, 6) is 0.126. The molecule has 0 radical (unpaired) electrons. The van der Waals surface area contributed by atoms with E-state index in [1.54, 1.807) is 12.1 Å². The van der Waals surface area contributed by atoms with Gasteiger partial charge in [0.1, 0.15) is 5.82 Å². The van der Waals surface area contributed by atoms with Crippen molar-refractivity contribution in [2.45, 2.75) is 32.7 Å². The van der Waals surface area contributed by atoms with Crippen molar-refractivity contribution in [3.63, 3.8) is 0 Å². The van der Waals surface area contributed by atoms with E-state index in [0.717, 1.165) is 19.4 Å². The van der Waals surface area contributed by atoms with Gasteiger partial charge in [0, 0.05) is 18.2 Å². The van der Waals surface area contributed by atoms with Crippen LogP contribution in [-0.2, 0) is 0 Å². The highest BCUT2D eigenvalue weighted by Gasteiger charge is 2.31. The van der Waals surface area contributed by atoms with Crippen molar-refractivity contribution in [1.82, 2.24) is 4.90 Å². The van der Waals surface area contributed by atoms with Crippen LogP contribution in [0.15, 0.2) is 22.7 Å². The summed E-state index contributed by atoms with van der Waals surface area (Å²) in [5.41, 5.74) is 0.552. The van der Waals surface area contributed by atoms with E-state index >= 15 is 0 Å². The highest BCUT2D eigenvalue weighted by atomic mass is 79.9. The van der Waals surface area contributed by atoms with Crippen LogP contribution in [0, 0.1) is 11.7 Å². The number of benzene rings is 1. The van der Waals surface area contributed by atoms with Crippen molar-refractivity contribution in [3.05, 3.63) is 34.1 Å². The average molecular weight is 314 g/mol. The number of hydrogen-bond acceptors (Lipinski definition) is 1. The third-order valence-electron chi connectivity index (χ3n) is 3.50. The molecule has 1 heterocycles. The van der Waals surface area contributed by atoms with Crippen LogP contribution in [0.1, 0.15) is 37.0 Å². The van der Waals surface area contributed by atoms with Gasteiger partial charge in [0.15, 0.2) is 0 Å². The summed E-state index contributed by atoms with van der Waals surface area (Å²) in [6.07, 6.45) is 2.11. The van der Waals surface area contributed by atoms with Crippen LogP contribution < -0.4 is 0 Å². The third kappa shape index (κ3) is 2.58. The Balaban J connectivity index is 2.22. The van der Waals surface area contributed by atoms with Crippen molar-refractivity contribution in [3.8, 4) is 0 Å². The fourth-order valence-corrected chi connectivity index (χ4v) is 2.91. The summed E-state index contributed by atoms with van der Waals surface area (Å²) in [7, 11) is 0. The van der Waals surface area contributed by atoms with Crippen LogP contribution in [-0.4, -0.2) is 23.4 Å². The van der Waals surface area contributed by atoms with Crippen LogP contribution in [0.25, 0.3) is 0 Å². The Kier molecular flexibility index (Phi) is 4.05. The van der Waals surface area contributed by atoms with E-state index in [-0.39, 0.29) is 11.7 Å². The largest absolute Gasteiger partial charge is 0.335 e. The van der Waals surface area contributed by atoms with Crippen molar-refractivity contribution >= 4 is 21.8 Å². The summed E-state index contributed by atoms with van der Waals surface area (Å²) >= 11 is 3.12. The molecule has 1 fully saturated rings. The second-order valence-electron chi connectivity index (χ2n) is 5.08. The molecule has 4 heteroatoms. The SMILES string of the molecule is CC(C)C1CCCN1C(=O)c1ccc(F)c(Br)c1. The van der Waals surface area contributed by atoms with Crippen molar-refractivity contribution in [1.29, 1.82) is 0 Å². The lowest BCUT2D eigenvalue weighted by Gasteiger charge is -2.27. The summed E-state index contributed by atoms with van der Waals surface area (Å²) in [4.78, 5) is 14.3. The molecule has 0 aliphatic carbocycles. The molecule has 1 aromatic rings. The smallest absolute Gasteiger partial charge is 0.254 e. The number of halogens is 2. The molecule has 1 saturated heterocycles. The van der Waals surface area contributed by atoms with Gasteiger partial charge in [-0.15, -0.1) is 0 Å². The van der Waals surface area contributed by atoms with Crippen LogP contribution in [0.2, 0.25) is 0 Å². The normalized spacial score (nSPS) is 19.6. The first kappa shape index (κ1) is 13.5. The van der Waals surface area contributed by atoms with Gasteiger partial charge in [0.05, 0.1) is 4.47 Å². The van der Waals surface area contributed by atoms with Gasteiger partial charge in [0.2, 0.25) is 0 Å². The molecular weight excluding hydrogens is 297 g/mol. The van der Waals surface area contributed by atoms with Gasteiger partial charge >= 0.3 is 0 Å². The van der Waals surface area contributed by atoms with Crippen LogP contribution in [0.3, 0.4) is 0 Å². The van der Waals surface area contributed by atoms with Crippen molar-refractivity contribution in [2.24, 2.45) is 5.92 Å². The lowest BCUT2D eigenvalue weighted by atomic mass is 10.0. The maximum absolute atomic E-state index is 13.2. The van der Waals surface area contributed by atoms with E-state index in [9.17, 15) is 9.18 Å². The summed E-state index contributed by atoms with van der Waals surface area (Å²) < 4.78 is 13.5. The summed E-state index contributed by atoms with van der Waals surface area (Å²) in [5, 5.41) is 0. The molecule has 1 aromatic carbocycles. The Hall–Kier alpha value is -0.900. The molecule has 2 rings (SSSR count). The molecule has 0 spiro atoms. The maximum atomic E-state index is 13.2. The zero-order valence-corrected chi connectivity index (χ0v) is 12.2. The van der Waals surface area contributed by atoms with Gasteiger partial charge in [-0.05, 0) is 52.9 Å². The number of hydrogen-bond donors (Lipinski definition) is 0. The van der Waals surface area contributed by atoms with Gasteiger partial charge in [0.25, 0.3) is 5.91 Å². The van der Waals surface area contributed by atoms with Crippen LogP contribution >= 0.6 is 15.9 Å². The highest BCUT2D eigenvalue weighted by molar-refractivity contribution is 9.10. The number of nitrogens with zero attached hydrogens (tertiary/aromatic N) is 1. The molecule has 1 amide bonds. The molecule has 98 valence electrons. The quantitative estimate of drug-likeness (QED) is 0.812. The van der Waals surface area contributed by atoms with E-state index in [2.05, 4.69) is 29.8 Å². The molecule has 1 aliphatic heterocycles. The molecule has 0 N–H and O–H groups in total. The second kappa shape index (κ2) is 5.39. The van der Waals surface area contributed by atoms with Gasteiger partial charge in [-0.3, -0.25) is 4.79 Å². The molecular formula is C14H17BrFNO. The fourth-order valence-electron chi connectivity index (χ4n) is 2.53. The standard InChI is InChI=1S/C14H17BrFNO/c1-9(2)13-4-3-7-17(13)14(18)10-5-6-12(16)11(15)8-10/h5-6,8-9,13H,3-4,7H2,1-2H3. The molecule has 0 saturated carbocycles. The van der Waals surface area contributed by atoms with E-state index in [4.69, 9.17) is 0 Å². The topological polar surface area (TPSA) is 20.3 Å². The highest BCUT2D eigenvalue weighted by Crippen LogP contribution is 2.26. The van der Waals surface area contributed by atoms with E-state index in [1.165, 1.54) is 6.07 Å². The summed E-state index contributed by atoms with van der Waals surface area (Å²) in [6, 6.07) is 4.75. The van der Waals surface area contributed by atoms with E-state index in [1.807, 2.05) is 4.90 Å². The lowest BCUT2D eigenvalue weighted by Crippen LogP contribution is -2.38. The van der Waals surface area contributed by atoms with Gasteiger partial charge < -0.3 is 4.90 Å². The number of carbonyl (C=O) groups is 1. The Morgan fingerprint density at radius 2 is 2.22 bits per heavy atom. The first-order valence-electron chi connectivity index (χ1n) is 6.26. The summed E-state index contributed by atoms with van der Waals surface area (Å²) in [6.45, 7) is 5.07. The minimum atomic E-state index is -0.339. The van der Waals surface area contributed by atoms with Crippen LogP contribution in [0.4, 0.5) is 4.39 Å². The molecule has 0 bridgehead atoms. The molecule has 2 nitrogen and oxygen atoms in total. The maximum Gasteiger partial charge on any atom is 0.254 e. The zero-order valence-electron chi connectivity index (χ0n) is 10.6. The number of amides is 1. The molecule has 1 atom stereocenters.